The van der Waals surface area contributed by atoms with Crippen molar-refractivity contribution in [1.29, 1.82) is 0 Å². The highest BCUT2D eigenvalue weighted by molar-refractivity contribution is 7.90. The van der Waals surface area contributed by atoms with Gasteiger partial charge in [0.1, 0.15) is 0 Å². The third kappa shape index (κ3) is 3.84. The molecule has 0 spiro atoms. The Morgan fingerprint density at radius 3 is 2.62 bits per heavy atom. The molecule has 0 bridgehead atoms. The first-order valence-corrected chi connectivity index (χ1v) is 9.28. The van der Waals surface area contributed by atoms with Crippen LogP contribution in [0.5, 0.6) is 0 Å². The van der Waals surface area contributed by atoms with Crippen LogP contribution >= 0.6 is 22.9 Å². The topological polar surface area (TPSA) is 63.2 Å². The van der Waals surface area contributed by atoms with Crippen LogP contribution in [0.25, 0.3) is 0 Å². The van der Waals surface area contributed by atoms with Gasteiger partial charge in [-0.25, -0.2) is 8.42 Å². The number of hydrogen-bond donors (Lipinski definition) is 1. The number of sulfone groups is 1. The summed E-state index contributed by atoms with van der Waals surface area (Å²) in [6.07, 6.45) is 1.06. The van der Waals surface area contributed by atoms with Gasteiger partial charge in [-0.3, -0.25) is 4.79 Å². The van der Waals surface area contributed by atoms with E-state index in [1.54, 1.807) is 11.3 Å². The Balaban J connectivity index is 2.24. The maximum absolute atomic E-state index is 12.2. The summed E-state index contributed by atoms with van der Waals surface area (Å²) in [4.78, 5) is 13.2. The maximum Gasteiger partial charge on any atom is 0.251 e. The van der Waals surface area contributed by atoms with E-state index in [4.69, 9.17) is 11.6 Å². The van der Waals surface area contributed by atoms with Crippen LogP contribution in [-0.4, -0.2) is 20.6 Å². The smallest absolute Gasteiger partial charge is 0.251 e. The number of hydrogen-bond acceptors (Lipinski definition) is 4. The predicted molar refractivity (Wildman–Crippen MR) is 84.8 cm³/mol. The molecule has 21 heavy (non-hydrogen) atoms. The Labute approximate surface area is 132 Å². The van der Waals surface area contributed by atoms with E-state index >= 15 is 0 Å². The molecule has 1 aromatic heterocycles. The Hall–Kier alpha value is -1.37. The summed E-state index contributed by atoms with van der Waals surface area (Å²) in [6.45, 7) is 1.87. The van der Waals surface area contributed by atoms with Crippen molar-refractivity contribution in [2.45, 2.75) is 17.9 Å². The van der Waals surface area contributed by atoms with Gasteiger partial charge >= 0.3 is 0 Å². The fourth-order valence-corrected chi connectivity index (χ4v) is 3.85. The summed E-state index contributed by atoms with van der Waals surface area (Å²) < 4.78 is 23.2. The number of rotatable bonds is 4. The molecule has 4 nitrogen and oxygen atoms in total. The third-order valence-corrected chi connectivity index (χ3v) is 5.54. The van der Waals surface area contributed by atoms with Crippen molar-refractivity contribution in [2.75, 3.05) is 6.26 Å². The summed E-state index contributed by atoms with van der Waals surface area (Å²) in [5.74, 6) is -0.336. The molecule has 1 heterocycles. The van der Waals surface area contributed by atoms with E-state index in [-0.39, 0.29) is 27.4 Å². The summed E-state index contributed by atoms with van der Waals surface area (Å²) in [5.41, 5.74) is 0.267. The van der Waals surface area contributed by atoms with E-state index in [0.717, 1.165) is 11.1 Å². The number of halogens is 1. The van der Waals surface area contributed by atoms with Gasteiger partial charge in [-0.1, -0.05) is 17.7 Å². The summed E-state index contributed by atoms with van der Waals surface area (Å²) in [6, 6.07) is 7.92. The minimum atomic E-state index is -3.47. The Morgan fingerprint density at radius 1 is 1.33 bits per heavy atom. The number of thiophene rings is 1. The molecule has 0 aliphatic carbocycles. The van der Waals surface area contributed by atoms with E-state index in [9.17, 15) is 13.2 Å². The standard InChI is InChI=1S/C14H14ClNO3S2/c1-9(12-4-3-7-20-12)16-14(17)10-5-6-11(15)13(8-10)21(2,18)19/h3-9H,1-2H3,(H,16,17). The first-order chi connectivity index (χ1) is 9.79. The van der Waals surface area contributed by atoms with Crippen molar-refractivity contribution in [3.05, 3.63) is 51.2 Å². The molecule has 2 rings (SSSR count). The number of carbonyl (C=O) groups is 1. The molecule has 1 N–H and O–H groups in total. The lowest BCUT2D eigenvalue weighted by Gasteiger charge is -2.13. The molecule has 0 aliphatic rings. The summed E-state index contributed by atoms with van der Waals surface area (Å²) in [5, 5.41) is 4.87. The lowest BCUT2D eigenvalue weighted by Crippen LogP contribution is -2.26. The molecule has 0 aliphatic heterocycles. The second kappa shape index (κ2) is 6.17. The zero-order valence-electron chi connectivity index (χ0n) is 11.5. The molecule has 1 atom stereocenters. The second-order valence-electron chi connectivity index (χ2n) is 4.63. The molecule has 1 amide bonds. The molecule has 0 fully saturated rings. The van der Waals surface area contributed by atoms with Crippen molar-refractivity contribution >= 4 is 38.7 Å². The molecule has 1 aromatic carbocycles. The Morgan fingerprint density at radius 2 is 2.05 bits per heavy atom. The Kier molecular flexibility index (Phi) is 4.70. The van der Waals surface area contributed by atoms with Gasteiger partial charge < -0.3 is 5.32 Å². The molecule has 0 saturated heterocycles. The number of amides is 1. The normalized spacial score (nSPS) is 12.9. The zero-order chi connectivity index (χ0) is 15.6. The number of nitrogens with one attached hydrogen (secondary N) is 1. The largest absolute Gasteiger partial charge is 0.345 e. The van der Waals surface area contributed by atoms with Crippen molar-refractivity contribution in [1.82, 2.24) is 5.32 Å². The molecular weight excluding hydrogens is 330 g/mol. The van der Waals surface area contributed by atoms with Crippen LogP contribution in [0.4, 0.5) is 0 Å². The maximum atomic E-state index is 12.2. The van der Waals surface area contributed by atoms with Crippen LogP contribution < -0.4 is 5.32 Å². The van der Waals surface area contributed by atoms with Crippen LogP contribution in [0.2, 0.25) is 5.02 Å². The fourth-order valence-electron chi connectivity index (χ4n) is 1.82. The molecule has 0 radical (unpaired) electrons. The average molecular weight is 344 g/mol. The third-order valence-electron chi connectivity index (χ3n) is 2.91. The van der Waals surface area contributed by atoms with E-state index in [1.807, 2.05) is 24.4 Å². The first kappa shape index (κ1) is 16.0. The average Bonchev–Trinajstić information content (AvgIpc) is 2.91. The van der Waals surface area contributed by atoms with E-state index < -0.39 is 9.84 Å². The molecule has 0 saturated carbocycles. The minimum absolute atomic E-state index is 0.0411. The van der Waals surface area contributed by atoms with Gasteiger partial charge in [-0.15, -0.1) is 11.3 Å². The van der Waals surface area contributed by atoms with Gasteiger partial charge in [-0.05, 0) is 36.6 Å². The van der Waals surface area contributed by atoms with Crippen LogP contribution in [0.3, 0.4) is 0 Å². The lowest BCUT2D eigenvalue weighted by atomic mass is 10.2. The van der Waals surface area contributed by atoms with Crippen molar-refractivity contribution in [3.8, 4) is 0 Å². The first-order valence-electron chi connectivity index (χ1n) is 6.13. The van der Waals surface area contributed by atoms with Gasteiger partial charge in [0, 0.05) is 16.7 Å². The molecular formula is C14H14ClNO3S2. The molecule has 1 unspecified atom stereocenters. The van der Waals surface area contributed by atoms with Gasteiger partial charge in [0.15, 0.2) is 9.84 Å². The SMILES string of the molecule is CC(NC(=O)c1ccc(Cl)c(S(C)(=O)=O)c1)c1cccs1. The van der Waals surface area contributed by atoms with Crippen molar-refractivity contribution in [2.24, 2.45) is 0 Å². The zero-order valence-corrected chi connectivity index (χ0v) is 13.8. The summed E-state index contributed by atoms with van der Waals surface area (Å²) >= 11 is 7.41. The molecule has 2 aromatic rings. The van der Waals surface area contributed by atoms with E-state index in [1.165, 1.54) is 18.2 Å². The van der Waals surface area contributed by atoms with Crippen molar-refractivity contribution < 1.29 is 13.2 Å². The molecule has 7 heteroatoms. The quantitative estimate of drug-likeness (QED) is 0.926. The predicted octanol–water partition coefficient (Wildman–Crippen LogP) is 3.30. The van der Waals surface area contributed by atoms with Crippen LogP contribution in [0, 0.1) is 0 Å². The van der Waals surface area contributed by atoms with Crippen LogP contribution in [-0.2, 0) is 9.84 Å². The van der Waals surface area contributed by atoms with E-state index in [2.05, 4.69) is 5.32 Å². The van der Waals surface area contributed by atoms with Gasteiger partial charge in [0.2, 0.25) is 0 Å². The fraction of sp³-hybridized carbons (Fsp3) is 0.214. The Bertz CT molecular complexity index is 755. The lowest BCUT2D eigenvalue weighted by molar-refractivity contribution is 0.0940. The highest BCUT2D eigenvalue weighted by Gasteiger charge is 2.17. The highest BCUT2D eigenvalue weighted by atomic mass is 35.5. The van der Waals surface area contributed by atoms with Crippen LogP contribution in [0.1, 0.15) is 28.2 Å². The summed E-state index contributed by atoms with van der Waals surface area (Å²) in [7, 11) is -3.47. The van der Waals surface area contributed by atoms with Gasteiger partial charge in [0.05, 0.1) is 16.0 Å². The molecule has 112 valence electrons. The number of carbonyl (C=O) groups excluding carboxylic acids is 1. The van der Waals surface area contributed by atoms with Crippen LogP contribution in [0.15, 0.2) is 40.6 Å². The van der Waals surface area contributed by atoms with Crippen molar-refractivity contribution in [3.63, 3.8) is 0 Å². The van der Waals surface area contributed by atoms with E-state index in [0.29, 0.717) is 0 Å². The second-order valence-corrected chi connectivity index (χ2v) is 8.00. The monoisotopic (exact) mass is 343 g/mol. The number of benzene rings is 1. The minimum Gasteiger partial charge on any atom is -0.345 e. The van der Waals surface area contributed by atoms with Gasteiger partial charge in [-0.2, -0.15) is 0 Å². The van der Waals surface area contributed by atoms with Gasteiger partial charge in [0.25, 0.3) is 5.91 Å². The highest BCUT2D eigenvalue weighted by Crippen LogP contribution is 2.23.